The van der Waals surface area contributed by atoms with E-state index in [0.29, 0.717) is 28.9 Å². The lowest BCUT2D eigenvalue weighted by Crippen LogP contribution is -2.38. The van der Waals surface area contributed by atoms with Gasteiger partial charge in [0.1, 0.15) is 12.1 Å². The molecule has 0 saturated carbocycles. The normalized spacial score (nSPS) is 10.8. The highest BCUT2D eigenvalue weighted by molar-refractivity contribution is 6.00. The topological polar surface area (TPSA) is 90.3 Å². The molecule has 0 saturated heterocycles. The van der Waals surface area contributed by atoms with Gasteiger partial charge in [-0.1, -0.05) is 74.5 Å². The molecule has 0 fully saturated rings. The molecule has 0 atom stereocenters. The van der Waals surface area contributed by atoms with Gasteiger partial charge in [0.2, 0.25) is 5.91 Å². The highest BCUT2D eigenvalue weighted by atomic mass is 16.5. The summed E-state index contributed by atoms with van der Waals surface area (Å²) in [7, 11) is 0. The van der Waals surface area contributed by atoms with Crippen molar-refractivity contribution in [3.05, 3.63) is 76.6 Å². The number of hydrogen-bond donors (Lipinski definition) is 1. The Labute approximate surface area is 187 Å². The van der Waals surface area contributed by atoms with Gasteiger partial charge < -0.3 is 10.1 Å². The zero-order valence-corrected chi connectivity index (χ0v) is 18.5. The monoisotopic (exact) mass is 433 g/mol. The Hall–Kier alpha value is -3.74. The molecule has 7 nitrogen and oxygen atoms in total. The van der Waals surface area contributed by atoms with Crippen molar-refractivity contribution in [1.82, 2.24) is 15.1 Å². The minimum atomic E-state index is -0.743. The van der Waals surface area contributed by atoms with Crippen molar-refractivity contribution in [3.8, 4) is 22.4 Å². The molecular formula is C25H27N3O4. The third-order valence-electron chi connectivity index (χ3n) is 4.75. The van der Waals surface area contributed by atoms with Gasteiger partial charge >= 0.3 is 5.97 Å². The number of esters is 1. The van der Waals surface area contributed by atoms with E-state index in [-0.39, 0.29) is 30.5 Å². The van der Waals surface area contributed by atoms with Gasteiger partial charge in [-0.25, -0.2) is 9.48 Å². The maximum Gasteiger partial charge on any atom is 0.344 e. The summed E-state index contributed by atoms with van der Waals surface area (Å²) >= 11 is 0. The fourth-order valence-electron chi connectivity index (χ4n) is 3.26. The Morgan fingerprint density at radius 1 is 1.00 bits per heavy atom. The number of aromatic nitrogens is 2. The molecule has 3 rings (SSSR count). The molecule has 1 N–H and O–H groups in total. The van der Waals surface area contributed by atoms with Crippen LogP contribution in [0.2, 0.25) is 0 Å². The maximum absolute atomic E-state index is 13.4. The molecule has 1 aromatic heterocycles. The Balaban J connectivity index is 2.25. The third-order valence-corrected chi connectivity index (χ3v) is 4.75. The standard InChI is InChI=1S/C25H27N3O4/c1-4-32-25(31)22-21(18-11-7-5-8-12-18)23(19-13-9-6-10-14-19)27-28(24(22)30)16-20(29)26-15-17(2)3/h5-14,17H,4,15-16H2,1-3H3,(H,26,29). The lowest BCUT2D eigenvalue weighted by Gasteiger charge is -2.17. The zero-order chi connectivity index (χ0) is 23.1. The number of benzene rings is 2. The van der Waals surface area contributed by atoms with Crippen LogP contribution in [0.3, 0.4) is 0 Å². The van der Waals surface area contributed by atoms with Crippen molar-refractivity contribution in [3.63, 3.8) is 0 Å². The van der Waals surface area contributed by atoms with E-state index in [1.165, 1.54) is 0 Å². The first-order chi connectivity index (χ1) is 15.4. The van der Waals surface area contributed by atoms with E-state index < -0.39 is 11.5 Å². The van der Waals surface area contributed by atoms with Crippen LogP contribution < -0.4 is 10.9 Å². The Morgan fingerprint density at radius 2 is 1.59 bits per heavy atom. The number of carbonyl (C=O) groups excluding carboxylic acids is 2. The van der Waals surface area contributed by atoms with Gasteiger partial charge in [-0.05, 0) is 18.4 Å². The number of nitrogens with zero attached hydrogens (tertiary/aromatic N) is 2. The van der Waals surface area contributed by atoms with Crippen LogP contribution in [0.4, 0.5) is 0 Å². The highest BCUT2D eigenvalue weighted by Crippen LogP contribution is 2.32. The van der Waals surface area contributed by atoms with Crippen LogP contribution in [0.25, 0.3) is 22.4 Å². The Kier molecular flexibility index (Phi) is 7.54. The van der Waals surface area contributed by atoms with Crippen molar-refractivity contribution in [2.75, 3.05) is 13.2 Å². The quantitative estimate of drug-likeness (QED) is 0.549. The van der Waals surface area contributed by atoms with E-state index in [2.05, 4.69) is 10.4 Å². The van der Waals surface area contributed by atoms with E-state index in [4.69, 9.17) is 4.74 Å². The van der Waals surface area contributed by atoms with Crippen LogP contribution in [0, 0.1) is 5.92 Å². The van der Waals surface area contributed by atoms with Crippen LogP contribution in [0.5, 0.6) is 0 Å². The fraction of sp³-hybridized carbons (Fsp3) is 0.280. The largest absolute Gasteiger partial charge is 0.462 e. The van der Waals surface area contributed by atoms with Gasteiger partial charge in [-0.3, -0.25) is 9.59 Å². The minimum absolute atomic E-state index is 0.115. The summed E-state index contributed by atoms with van der Waals surface area (Å²) in [6.45, 7) is 5.93. The minimum Gasteiger partial charge on any atom is -0.462 e. The fourth-order valence-corrected chi connectivity index (χ4v) is 3.26. The summed E-state index contributed by atoms with van der Waals surface area (Å²) in [5.74, 6) is -0.832. The number of rotatable bonds is 8. The molecule has 7 heteroatoms. The van der Waals surface area contributed by atoms with E-state index in [1.54, 1.807) is 6.92 Å². The first kappa shape index (κ1) is 22.9. The van der Waals surface area contributed by atoms with Crippen LogP contribution in [0.1, 0.15) is 31.1 Å². The van der Waals surface area contributed by atoms with Gasteiger partial charge in [-0.2, -0.15) is 5.10 Å². The highest BCUT2D eigenvalue weighted by Gasteiger charge is 2.26. The summed E-state index contributed by atoms with van der Waals surface area (Å²) in [5.41, 5.74) is 1.39. The summed E-state index contributed by atoms with van der Waals surface area (Å²) < 4.78 is 6.26. The van der Waals surface area contributed by atoms with E-state index in [1.807, 2.05) is 74.5 Å². The smallest absolute Gasteiger partial charge is 0.344 e. The maximum atomic E-state index is 13.4. The predicted octanol–water partition coefficient (Wildman–Crippen LogP) is 3.53. The van der Waals surface area contributed by atoms with E-state index in [9.17, 15) is 14.4 Å². The van der Waals surface area contributed by atoms with Crippen molar-refractivity contribution in [1.29, 1.82) is 0 Å². The average molecular weight is 434 g/mol. The van der Waals surface area contributed by atoms with Crippen LogP contribution in [-0.2, 0) is 16.1 Å². The second-order valence-corrected chi connectivity index (χ2v) is 7.71. The SMILES string of the molecule is CCOC(=O)c1c(-c2ccccc2)c(-c2ccccc2)nn(CC(=O)NCC(C)C)c1=O. The number of hydrogen-bond acceptors (Lipinski definition) is 5. The second-order valence-electron chi connectivity index (χ2n) is 7.71. The molecule has 2 aromatic carbocycles. The van der Waals surface area contributed by atoms with Gasteiger partial charge in [0.15, 0.2) is 0 Å². The molecule has 0 radical (unpaired) electrons. The van der Waals surface area contributed by atoms with Crippen molar-refractivity contribution in [2.24, 2.45) is 5.92 Å². The molecule has 0 unspecified atom stereocenters. The number of amides is 1. The molecule has 0 aliphatic heterocycles. The molecule has 0 spiro atoms. The van der Waals surface area contributed by atoms with Crippen molar-refractivity contribution in [2.45, 2.75) is 27.3 Å². The van der Waals surface area contributed by atoms with Crippen molar-refractivity contribution >= 4 is 11.9 Å². The van der Waals surface area contributed by atoms with Crippen LogP contribution in [0.15, 0.2) is 65.5 Å². The summed E-state index contributed by atoms with van der Waals surface area (Å²) in [5, 5.41) is 7.31. The van der Waals surface area contributed by atoms with Gasteiger partial charge in [0.25, 0.3) is 5.56 Å². The summed E-state index contributed by atoms with van der Waals surface area (Å²) in [4.78, 5) is 38.7. The van der Waals surface area contributed by atoms with Crippen LogP contribution in [-0.4, -0.2) is 34.8 Å². The Morgan fingerprint density at radius 3 is 2.16 bits per heavy atom. The molecule has 0 aliphatic rings. The lowest BCUT2D eigenvalue weighted by atomic mass is 9.95. The van der Waals surface area contributed by atoms with Gasteiger partial charge in [0, 0.05) is 17.7 Å². The number of nitrogens with one attached hydrogen (secondary N) is 1. The number of carbonyl (C=O) groups is 2. The first-order valence-corrected chi connectivity index (χ1v) is 10.6. The molecule has 0 bridgehead atoms. The lowest BCUT2D eigenvalue weighted by molar-refractivity contribution is -0.122. The van der Waals surface area contributed by atoms with Crippen LogP contribution >= 0.6 is 0 Å². The molecule has 0 aliphatic carbocycles. The second kappa shape index (κ2) is 10.5. The van der Waals surface area contributed by atoms with E-state index in [0.717, 1.165) is 4.68 Å². The molecule has 3 aromatic rings. The molecule has 166 valence electrons. The summed E-state index contributed by atoms with van der Waals surface area (Å²) in [6.07, 6.45) is 0. The summed E-state index contributed by atoms with van der Waals surface area (Å²) in [6, 6.07) is 18.4. The average Bonchev–Trinajstić information content (AvgIpc) is 2.80. The molecular weight excluding hydrogens is 406 g/mol. The zero-order valence-electron chi connectivity index (χ0n) is 18.5. The molecule has 1 heterocycles. The molecule has 32 heavy (non-hydrogen) atoms. The predicted molar refractivity (Wildman–Crippen MR) is 123 cm³/mol. The first-order valence-electron chi connectivity index (χ1n) is 10.6. The Bertz CT molecular complexity index is 1140. The van der Waals surface area contributed by atoms with Crippen molar-refractivity contribution < 1.29 is 14.3 Å². The third kappa shape index (κ3) is 5.29. The molecule has 1 amide bonds. The number of ether oxygens (including phenoxy) is 1. The van der Waals surface area contributed by atoms with Gasteiger partial charge in [0.05, 0.1) is 12.3 Å². The van der Waals surface area contributed by atoms with E-state index >= 15 is 0 Å². The van der Waals surface area contributed by atoms with Gasteiger partial charge in [-0.15, -0.1) is 0 Å².